The summed E-state index contributed by atoms with van der Waals surface area (Å²) in [7, 11) is 0. The summed E-state index contributed by atoms with van der Waals surface area (Å²) in [5.41, 5.74) is 0.791. The molecule has 1 aromatic carbocycles. The molecule has 7 heteroatoms. The van der Waals surface area contributed by atoms with Gasteiger partial charge >= 0.3 is 5.97 Å². The molecule has 0 bridgehead atoms. The van der Waals surface area contributed by atoms with Crippen molar-refractivity contribution < 1.29 is 18.7 Å². The zero-order valence-corrected chi connectivity index (χ0v) is 13.0. The van der Waals surface area contributed by atoms with E-state index in [2.05, 4.69) is 10.3 Å². The van der Waals surface area contributed by atoms with Crippen LogP contribution in [0.2, 0.25) is 0 Å². The predicted octanol–water partition coefficient (Wildman–Crippen LogP) is 3.16. The number of aromatic nitrogens is 1. The van der Waals surface area contributed by atoms with E-state index in [0.29, 0.717) is 5.69 Å². The van der Waals surface area contributed by atoms with Gasteiger partial charge in [-0.3, -0.25) is 4.79 Å². The second-order valence-corrected chi connectivity index (χ2v) is 5.48. The van der Waals surface area contributed by atoms with Gasteiger partial charge < -0.3 is 10.1 Å². The fraction of sp³-hybridized carbons (Fsp3) is 0.267. The van der Waals surface area contributed by atoms with E-state index in [-0.39, 0.29) is 17.9 Å². The molecule has 1 amide bonds. The van der Waals surface area contributed by atoms with Gasteiger partial charge in [0.05, 0.1) is 22.0 Å². The van der Waals surface area contributed by atoms with Crippen LogP contribution in [0, 0.1) is 5.82 Å². The first-order chi connectivity index (χ1) is 10.5. The van der Waals surface area contributed by atoms with Crippen molar-refractivity contribution in [1.82, 2.24) is 4.98 Å². The number of thiazole rings is 1. The second-order valence-electron chi connectivity index (χ2n) is 4.54. The molecule has 0 aliphatic rings. The van der Waals surface area contributed by atoms with E-state index < -0.39 is 17.7 Å². The number of esters is 1. The standard InChI is InChI=1S/C15H15FN2O3S/c1-3-14-18-11(8-22-14)7-21-15(20)10-4-5-12(16)13(6-10)17-9(2)19/h4-6,8H,3,7H2,1-2H3,(H,17,19). The third-order valence-corrected chi connectivity index (χ3v) is 3.81. The molecule has 0 saturated carbocycles. The molecule has 116 valence electrons. The largest absolute Gasteiger partial charge is 0.456 e. The minimum Gasteiger partial charge on any atom is -0.456 e. The van der Waals surface area contributed by atoms with Crippen molar-refractivity contribution in [3.05, 3.63) is 45.7 Å². The number of carbonyl (C=O) groups excluding carboxylic acids is 2. The highest BCUT2D eigenvalue weighted by molar-refractivity contribution is 7.09. The number of hydrogen-bond acceptors (Lipinski definition) is 5. The van der Waals surface area contributed by atoms with Crippen LogP contribution in [0.15, 0.2) is 23.6 Å². The molecule has 0 unspecified atom stereocenters. The average Bonchev–Trinajstić information content (AvgIpc) is 2.94. The van der Waals surface area contributed by atoms with Crippen LogP contribution in [0.1, 0.15) is 34.9 Å². The highest BCUT2D eigenvalue weighted by atomic mass is 32.1. The number of nitrogens with one attached hydrogen (secondary N) is 1. The first-order valence-electron chi connectivity index (χ1n) is 6.67. The molecule has 5 nitrogen and oxygen atoms in total. The van der Waals surface area contributed by atoms with Crippen molar-refractivity contribution >= 4 is 28.9 Å². The Labute approximate surface area is 131 Å². The van der Waals surface area contributed by atoms with Crippen molar-refractivity contribution in [1.29, 1.82) is 0 Å². The molecule has 1 heterocycles. The molecule has 0 atom stereocenters. The normalized spacial score (nSPS) is 10.3. The number of hydrogen-bond donors (Lipinski definition) is 1. The number of ether oxygens (including phenoxy) is 1. The zero-order valence-electron chi connectivity index (χ0n) is 12.2. The van der Waals surface area contributed by atoms with Crippen LogP contribution in [-0.4, -0.2) is 16.9 Å². The Balaban J connectivity index is 2.04. The first-order valence-corrected chi connectivity index (χ1v) is 7.55. The maximum absolute atomic E-state index is 13.5. The van der Waals surface area contributed by atoms with Gasteiger partial charge in [0, 0.05) is 12.3 Å². The van der Waals surface area contributed by atoms with E-state index in [4.69, 9.17) is 4.74 Å². The Kier molecular flexibility index (Phi) is 5.21. The van der Waals surface area contributed by atoms with E-state index in [9.17, 15) is 14.0 Å². The molecule has 22 heavy (non-hydrogen) atoms. The molecule has 0 aliphatic heterocycles. The maximum Gasteiger partial charge on any atom is 0.338 e. The highest BCUT2D eigenvalue weighted by Gasteiger charge is 2.12. The minimum atomic E-state index is -0.612. The van der Waals surface area contributed by atoms with Gasteiger partial charge in [-0.2, -0.15) is 0 Å². The van der Waals surface area contributed by atoms with Gasteiger partial charge in [-0.25, -0.2) is 14.2 Å². The van der Waals surface area contributed by atoms with E-state index in [0.717, 1.165) is 17.5 Å². The molecule has 0 radical (unpaired) electrons. The van der Waals surface area contributed by atoms with Crippen molar-refractivity contribution in [3.8, 4) is 0 Å². The van der Waals surface area contributed by atoms with Crippen LogP contribution >= 0.6 is 11.3 Å². The SMILES string of the molecule is CCc1nc(COC(=O)c2ccc(F)c(NC(C)=O)c2)cs1. The summed E-state index contributed by atoms with van der Waals surface area (Å²) in [5.74, 6) is -1.63. The number of nitrogens with zero attached hydrogens (tertiary/aromatic N) is 1. The Morgan fingerprint density at radius 2 is 2.18 bits per heavy atom. The molecule has 1 N–H and O–H groups in total. The summed E-state index contributed by atoms with van der Waals surface area (Å²) < 4.78 is 18.7. The Morgan fingerprint density at radius 3 is 2.82 bits per heavy atom. The number of aryl methyl sites for hydroxylation is 1. The second kappa shape index (κ2) is 7.13. The first kappa shape index (κ1) is 16.1. The molecule has 2 aromatic rings. The lowest BCUT2D eigenvalue weighted by Gasteiger charge is -2.07. The number of carbonyl (C=O) groups is 2. The molecule has 0 spiro atoms. The third kappa shape index (κ3) is 4.11. The summed E-state index contributed by atoms with van der Waals surface area (Å²) in [6, 6.07) is 3.67. The molecule has 0 aliphatic carbocycles. The summed E-state index contributed by atoms with van der Waals surface area (Å²) in [6.07, 6.45) is 0.830. The fourth-order valence-corrected chi connectivity index (χ4v) is 2.47. The topological polar surface area (TPSA) is 68.3 Å². The van der Waals surface area contributed by atoms with Gasteiger partial charge in [0.2, 0.25) is 5.91 Å². The average molecular weight is 322 g/mol. The summed E-state index contributed by atoms with van der Waals surface area (Å²) >= 11 is 1.51. The van der Waals surface area contributed by atoms with Crippen molar-refractivity contribution in [3.63, 3.8) is 0 Å². The number of anilines is 1. The quantitative estimate of drug-likeness (QED) is 0.859. The van der Waals surface area contributed by atoms with E-state index >= 15 is 0 Å². The van der Waals surface area contributed by atoms with Crippen molar-refractivity contribution in [2.45, 2.75) is 26.9 Å². The van der Waals surface area contributed by atoms with E-state index in [1.807, 2.05) is 12.3 Å². The molecule has 1 aromatic heterocycles. The van der Waals surface area contributed by atoms with Gasteiger partial charge in [-0.05, 0) is 24.6 Å². The lowest BCUT2D eigenvalue weighted by Crippen LogP contribution is -2.10. The zero-order chi connectivity index (χ0) is 16.1. The van der Waals surface area contributed by atoms with Crippen LogP contribution in [0.3, 0.4) is 0 Å². The summed E-state index contributed by atoms with van der Waals surface area (Å²) in [4.78, 5) is 27.2. The number of rotatable bonds is 5. The van der Waals surface area contributed by atoms with Crippen molar-refractivity contribution in [2.75, 3.05) is 5.32 Å². The lowest BCUT2D eigenvalue weighted by atomic mass is 10.2. The predicted molar refractivity (Wildman–Crippen MR) is 81.3 cm³/mol. The van der Waals surface area contributed by atoms with Crippen LogP contribution in [-0.2, 0) is 22.6 Å². The Morgan fingerprint density at radius 1 is 1.41 bits per heavy atom. The van der Waals surface area contributed by atoms with E-state index in [1.54, 1.807) is 0 Å². The fourth-order valence-electron chi connectivity index (χ4n) is 1.74. The monoisotopic (exact) mass is 322 g/mol. The number of amides is 1. The summed E-state index contributed by atoms with van der Waals surface area (Å²) in [5, 5.41) is 5.13. The number of halogens is 1. The highest BCUT2D eigenvalue weighted by Crippen LogP contribution is 2.18. The summed E-state index contributed by atoms with van der Waals surface area (Å²) in [6.45, 7) is 3.32. The molecule has 2 rings (SSSR count). The Bertz CT molecular complexity index is 700. The van der Waals surface area contributed by atoms with Gasteiger partial charge in [0.1, 0.15) is 12.4 Å². The molecule has 0 fully saturated rings. The molecular formula is C15H15FN2O3S. The molecule has 0 saturated heterocycles. The van der Waals surface area contributed by atoms with Gasteiger partial charge in [0.25, 0.3) is 0 Å². The lowest BCUT2D eigenvalue weighted by molar-refractivity contribution is -0.114. The van der Waals surface area contributed by atoms with Gasteiger partial charge in [0.15, 0.2) is 0 Å². The van der Waals surface area contributed by atoms with E-state index in [1.165, 1.54) is 30.4 Å². The van der Waals surface area contributed by atoms with Gasteiger partial charge in [-0.1, -0.05) is 6.92 Å². The third-order valence-electron chi connectivity index (χ3n) is 2.77. The Hall–Kier alpha value is -2.28. The van der Waals surface area contributed by atoms with Crippen LogP contribution in [0.4, 0.5) is 10.1 Å². The van der Waals surface area contributed by atoms with Crippen LogP contribution in [0.25, 0.3) is 0 Å². The molecular weight excluding hydrogens is 307 g/mol. The van der Waals surface area contributed by atoms with Crippen LogP contribution < -0.4 is 5.32 Å². The van der Waals surface area contributed by atoms with Crippen LogP contribution in [0.5, 0.6) is 0 Å². The smallest absolute Gasteiger partial charge is 0.338 e. The number of benzene rings is 1. The minimum absolute atomic E-state index is 0.0520. The van der Waals surface area contributed by atoms with Gasteiger partial charge in [-0.15, -0.1) is 11.3 Å². The maximum atomic E-state index is 13.5. The van der Waals surface area contributed by atoms with Crippen molar-refractivity contribution in [2.24, 2.45) is 0 Å².